The van der Waals surface area contributed by atoms with E-state index in [1.165, 1.54) is 105 Å². The van der Waals surface area contributed by atoms with Crippen molar-refractivity contribution < 1.29 is 0 Å². The molecule has 1 saturated carbocycles. The summed E-state index contributed by atoms with van der Waals surface area (Å²) < 4.78 is 0. The summed E-state index contributed by atoms with van der Waals surface area (Å²) in [7, 11) is 2.20. The van der Waals surface area contributed by atoms with Crippen molar-refractivity contribution in [2.24, 2.45) is 0 Å². The van der Waals surface area contributed by atoms with Crippen LogP contribution in [0.25, 0.3) is 0 Å². The van der Waals surface area contributed by atoms with Gasteiger partial charge in [-0.3, -0.25) is 0 Å². The second kappa shape index (κ2) is 13.0. The average molecular weight is 609 g/mol. The molecule has 0 aliphatic heterocycles. The van der Waals surface area contributed by atoms with Crippen LogP contribution in [0.3, 0.4) is 0 Å². The van der Waals surface area contributed by atoms with Gasteiger partial charge in [0.05, 0.1) is 6.04 Å². The number of hydrogen-bond acceptors (Lipinski definition) is 2. The molecule has 4 aromatic rings. The SMILES string of the molecule is CC1=CC(C)=C(C)CC1N(c1ccc(C2(c3ccc(N(C)c4c(C)cccc4C)cc3)CCCCC2)cc1)c1c(C)cccc1C. The van der Waals surface area contributed by atoms with E-state index < -0.39 is 0 Å². The number of benzene rings is 4. The van der Waals surface area contributed by atoms with Gasteiger partial charge in [0.2, 0.25) is 0 Å². The molecule has 4 aromatic carbocycles. The first kappa shape index (κ1) is 31.9. The van der Waals surface area contributed by atoms with E-state index in [1.54, 1.807) is 0 Å². The van der Waals surface area contributed by atoms with Gasteiger partial charge in [0.25, 0.3) is 0 Å². The third kappa shape index (κ3) is 5.83. The van der Waals surface area contributed by atoms with Crippen LogP contribution in [0.1, 0.15) is 92.7 Å². The van der Waals surface area contributed by atoms with Crippen molar-refractivity contribution in [3.8, 4) is 0 Å². The average Bonchev–Trinajstić information content (AvgIpc) is 3.05. The lowest BCUT2D eigenvalue weighted by molar-refractivity contribution is 0.346. The fraction of sp³-hybridized carbons (Fsp3) is 0.364. The molecule has 1 atom stereocenters. The molecule has 2 nitrogen and oxygen atoms in total. The first-order valence-corrected chi connectivity index (χ1v) is 17.3. The van der Waals surface area contributed by atoms with E-state index >= 15 is 0 Å². The minimum Gasteiger partial charge on any atom is -0.344 e. The molecule has 6 rings (SSSR count). The van der Waals surface area contributed by atoms with Crippen LogP contribution in [-0.2, 0) is 5.41 Å². The summed E-state index contributed by atoms with van der Waals surface area (Å²) >= 11 is 0. The maximum Gasteiger partial charge on any atom is 0.0589 e. The molecule has 46 heavy (non-hydrogen) atoms. The van der Waals surface area contributed by atoms with Crippen LogP contribution in [0, 0.1) is 27.7 Å². The van der Waals surface area contributed by atoms with Crippen LogP contribution >= 0.6 is 0 Å². The third-order valence-corrected chi connectivity index (χ3v) is 11.1. The molecule has 0 aromatic heterocycles. The zero-order chi connectivity index (χ0) is 32.6. The number of allylic oxidation sites excluding steroid dienone is 2. The molecular weight excluding hydrogens is 556 g/mol. The molecule has 0 heterocycles. The first-order chi connectivity index (χ1) is 22.1. The monoisotopic (exact) mass is 608 g/mol. The largest absolute Gasteiger partial charge is 0.344 e. The summed E-state index contributed by atoms with van der Waals surface area (Å²) in [6.45, 7) is 15.8. The molecule has 0 N–H and O–H groups in total. The Kier molecular flexibility index (Phi) is 9.01. The number of anilines is 4. The number of nitrogens with zero attached hydrogens (tertiary/aromatic N) is 2. The maximum atomic E-state index is 2.63. The summed E-state index contributed by atoms with van der Waals surface area (Å²) in [6.07, 6.45) is 9.73. The van der Waals surface area contributed by atoms with Crippen LogP contribution in [0.5, 0.6) is 0 Å². The fourth-order valence-corrected chi connectivity index (χ4v) is 8.43. The Morgan fingerprint density at radius 1 is 0.565 bits per heavy atom. The van der Waals surface area contributed by atoms with E-state index in [9.17, 15) is 0 Å². The summed E-state index contributed by atoms with van der Waals surface area (Å²) in [6, 6.07) is 32.8. The topological polar surface area (TPSA) is 6.48 Å². The predicted octanol–water partition coefficient (Wildman–Crippen LogP) is 12.1. The lowest BCUT2D eigenvalue weighted by atomic mass is 9.65. The van der Waals surface area contributed by atoms with Gasteiger partial charge in [-0.1, -0.05) is 103 Å². The highest BCUT2D eigenvalue weighted by Gasteiger charge is 2.36. The molecule has 238 valence electrons. The van der Waals surface area contributed by atoms with Gasteiger partial charge in [0.1, 0.15) is 0 Å². The van der Waals surface area contributed by atoms with E-state index in [0.717, 1.165) is 6.42 Å². The Labute approximate surface area is 278 Å². The van der Waals surface area contributed by atoms with Crippen molar-refractivity contribution in [2.45, 2.75) is 98.4 Å². The van der Waals surface area contributed by atoms with Crippen molar-refractivity contribution in [3.63, 3.8) is 0 Å². The van der Waals surface area contributed by atoms with E-state index in [-0.39, 0.29) is 5.41 Å². The lowest BCUT2D eigenvalue weighted by Crippen LogP contribution is -2.35. The highest BCUT2D eigenvalue weighted by Crippen LogP contribution is 2.47. The van der Waals surface area contributed by atoms with Gasteiger partial charge < -0.3 is 9.80 Å². The minimum atomic E-state index is 0.0486. The molecule has 2 heteroatoms. The molecule has 0 spiro atoms. The van der Waals surface area contributed by atoms with Gasteiger partial charge in [-0.05, 0) is 125 Å². The van der Waals surface area contributed by atoms with E-state index in [4.69, 9.17) is 0 Å². The van der Waals surface area contributed by atoms with Crippen molar-refractivity contribution in [3.05, 3.63) is 141 Å². The molecule has 0 bridgehead atoms. The van der Waals surface area contributed by atoms with E-state index in [2.05, 4.69) is 156 Å². The molecule has 2 aliphatic rings. The predicted molar refractivity (Wildman–Crippen MR) is 199 cm³/mol. The highest BCUT2D eigenvalue weighted by atomic mass is 15.2. The summed E-state index contributed by atoms with van der Waals surface area (Å²) in [4.78, 5) is 4.97. The van der Waals surface area contributed by atoms with E-state index in [1.807, 2.05) is 0 Å². The molecule has 1 fully saturated rings. The Balaban J connectivity index is 1.38. The molecule has 0 amide bonds. The Hall–Kier alpha value is -4.04. The standard InChI is InChI=1S/C44H52N2/c1-30-14-12-15-31(2)42(30)45(8)39-22-18-37(19-23-39)44(26-10-9-11-27-44)38-20-24-40(25-21-38)46(43-32(3)16-13-17-33(43)4)41-29-35(6)34(5)28-36(41)7/h12-25,28,41H,9-11,26-27,29H2,1-8H3. The normalized spacial score (nSPS) is 17.9. The lowest BCUT2D eigenvalue weighted by Gasteiger charge is -2.41. The highest BCUT2D eigenvalue weighted by molar-refractivity contribution is 5.73. The van der Waals surface area contributed by atoms with Crippen LogP contribution in [0.2, 0.25) is 0 Å². The van der Waals surface area contributed by atoms with Gasteiger partial charge in [-0.2, -0.15) is 0 Å². The fourth-order valence-electron chi connectivity index (χ4n) is 8.43. The second-order valence-electron chi connectivity index (χ2n) is 14.2. The van der Waals surface area contributed by atoms with Gasteiger partial charge in [-0.15, -0.1) is 0 Å². The Bertz CT molecular complexity index is 1720. The van der Waals surface area contributed by atoms with Gasteiger partial charge in [-0.25, -0.2) is 0 Å². The van der Waals surface area contributed by atoms with Crippen molar-refractivity contribution >= 4 is 22.7 Å². The number of rotatable bonds is 7. The second-order valence-corrected chi connectivity index (χ2v) is 14.2. The first-order valence-electron chi connectivity index (χ1n) is 17.3. The van der Waals surface area contributed by atoms with Gasteiger partial charge in [0.15, 0.2) is 0 Å². The van der Waals surface area contributed by atoms with Crippen LogP contribution in [-0.4, -0.2) is 13.1 Å². The maximum absolute atomic E-state index is 2.63. The molecule has 1 unspecified atom stereocenters. The van der Waals surface area contributed by atoms with Crippen LogP contribution in [0.4, 0.5) is 22.7 Å². The van der Waals surface area contributed by atoms with Crippen LogP contribution < -0.4 is 9.80 Å². The molecule has 0 radical (unpaired) electrons. The molecule has 0 saturated heterocycles. The Morgan fingerprint density at radius 3 is 1.57 bits per heavy atom. The number of hydrogen-bond donors (Lipinski definition) is 0. The summed E-state index contributed by atoms with van der Waals surface area (Å²) in [5.41, 5.74) is 17.7. The van der Waals surface area contributed by atoms with Crippen molar-refractivity contribution in [1.29, 1.82) is 0 Å². The van der Waals surface area contributed by atoms with E-state index in [0.29, 0.717) is 6.04 Å². The van der Waals surface area contributed by atoms with Crippen molar-refractivity contribution in [2.75, 3.05) is 16.8 Å². The minimum absolute atomic E-state index is 0.0486. The smallest absolute Gasteiger partial charge is 0.0589 e. The number of para-hydroxylation sites is 2. The third-order valence-electron chi connectivity index (χ3n) is 11.1. The Morgan fingerprint density at radius 2 is 1.04 bits per heavy atom. The zero-order valence-electron chi connectivity index (χ0n) is 29.4. The molecule has 2 aliphatic carbocycles. The number of aryl methyl sites for hydroxylation is 4. The quantitative estimate of drug-likeness (QED) is 0.206. The molecular formula is C44H52N2. The van der Waals surface area contributed by atoms with Crippen molar-refractivity contribution in [1.82, 2.24) is 0 Å². The summed E-state index contributed by atoms with van der Waals surface area (Å²) in [5.74, 6) is 0. The van der Waals surface area contributed by atoms with Gasteiger partial charge >= 0.3 is 0 Å². The van der Waals surface area contributed by atoms with Crippen LogP contribution in [0.15, 0.2) is 108 Å². The zero-order valence-corrected chi connectivity index (χ0v) is 29.4. The summed E-state index contributed by atoms with van der Waals surface area (Å²) in [5, 5.41) is 0. The van der Waals surface area contributed by atoms with Gasteiger partial charge in [0, 0.05) is 35.2 Å².